The molecular formula is C18H18F3N5O2. The lowest BCUT2D eigenvalue weighted by atomic mass is 10.0. The van der Waals surface area contributed by atoms with Crippen LogP contribution in [0.1, 0.15) is 32.0 Å². The predicted octanol–water partition coefficient (Wildman–Crippen LogP) is 4.47. The molecular weight excluding hydrogens is 375 g/mol. The van der Waals surface area contributed by atoms with Crippen LogP contribution in [0.5, 0.6) is 0 Å². The fourth-order valence-corrected chi connectivity index (χ4v) is 2.62. The van der Waals surface area contributed by atoms with Gasteiger partial charge in [0.25, 0.3) is 0 Å². The molecule has 0 saturated carbocycles. The van der Waals surface area contributed by atoms with Crippen molar-refractivity contribution < 1.29 is 22.7 Å². The number of anilines is 1. The van der Waals surface area contributed by atoms with Gasteiger partial charge in [0.1, 0.15) is 5.60 Å². The molecule has 0 saturated heterocycles. The molecule has 3 aromatic heterocycles. The Morgan fingerprint density at radius 2 is 1.93 bits per heavy atom. The van der Waals surface area contributed by atoms with Crippen LogP contribution in [-0.2, 0) is 10.9 Å². The summed E-state index contributed by atoms with van der Waals surface area (Å²) in [4.78, 5) is 20.1. The molecule has 0 radical (unpaired) electrons. The van der Waals surface area contributed by atoms with Crippen molar-refractivity contribution in [1.29, 1.82) is 0 Å². The van der Waals surface area contributed by atoms with Crippen molar-refractivity contribution in [3.8, 4) is 11.1 Å². The third kappa shape index (κ3) is 4.21. The molecule has 0 bridgehead atoms. The van der Waals surface area contributed by atoms with Gasteiger partial charge in [0.2, 0.25) is 0 Å². The molecule has 3 aromatic rings. The molecule has 0 aliphatic carbocycles. The number of alkyl halides is 3. The van der Waals surface area contributed by atoms with E-state index < -0.39 is 23.4 Å². The second kappa shape index (κ2) is 6.77. The van der Waals surface area contributed by atoms with Crippen molar-refractivity contribution in [1.82, 2.24) is 19.6 Å². The Labute approximate surface area is 158 Å². The monoisotopic (exact) mass is 393 g/mol. The van der Waals surface area contributed by atoms with E-state index in [1.807, 2.05) is 0 Å². The van der Waals surface area contributed by atoms with Crippen LogP contribution in [0.4, 0.5) is 23.8 Å². The first kappa shape index (κ1) is 19.6. The van der Waals surface area contributed by atoms with E-state index in [-0.39, 0.29) is 22.6 Å². The fourth-order valence-electron chi connectivity index (χ4n) is 2.62. The van der Waals surface area contributed by atoms with Crippen LogP contribution in [0, 0.1) is 6.92 Å². The predicted molar refractivity (Wildman–Crippen MR) is 95.8 cm³/mol. The van der Waals surface area contributed by atoms with Crippen LogP contribution in [0.25, 0.3) is 16.8 Å². The number of hydrogen-bond acceptors (Lipinski definition) is 5. The zero-order valence-electron chi connectivity index (χ0n) is 15.6. The number of nitrogens with one attached hydrogen (secondary N) is 1. The van der Waals surface area contributed by atoms with Crippen LogP contribution >= 0.6 is 0 Å². The summed E-state index contributed by atoms with van der Waals surface area (Å²) in [5.41, 5.74) is -0.865. The van der Waals surface area contributed by atoms with Gasteiger partial charge in [-0.25, -0.2) is 14.3 Å². The van der Waals surface area contributed by atoms with E-state index in [1.165, 1.54) is 10.6 Å². The summed E-state index contributed by atoms with van der Waals surface area (Å²) in [6, 6.07) is 2.21. The maximum Gasteiger partial charge on any atom is 0.417 e. The first-order valence-electron chi connectivity index (χ1n) is 8.33. The van der Waals surface area contributed by atoms with E-state index in [0.717, 1.165) is 18.5 Å². The maximum absolute atomic E-state index is 13.5. The van der Waals surface area contributed by atoms with Crippen LogP contribution < -0.4 is 5.32 Å². The molecule has 0 atom stereocenters. The fraction of sp³-hybridized carbons (Fsp3) is 0.333. The van der Waals surface area contributed by atoms with Gasteiger partial charge in [-0.05, 0) is 39.8 Å². The Kier molecular flexibility index (Phi) is 4.74. The summed E-state index contributed by atoms with van der Waals surface area (Å²) in [6.07, 6.45) is -1.63. The molecule has 1 amide bonds. The van der Waals surface area contributed by atoms with Gasteiger partial charge >= 0.3 is 12.3 Å². The molecule has 10 heteroatoms. The number of ether oxygens (including phenoxy) is 1. The second-order valence-electron chi connectivity index (χ2n) is 7.14. The number of halogens is 3. The van der Waals surface area contributed by atoms with Crippen LogP contribution in [0.2, 0.25) is 0 Å². The molecule has 148 valence electrons. The Bertz CT molecular complexity index is 1040. The summed E-state index contributed by atoms with van der Waals surface area (Å²) in [6.45, 7) is 6.77. The molecule has 0 aliphatic heterocycles. The standard InChI is InChI=1S/C18H18F3N5O2/c1-10-9-26-15(23-10)11(12-8-22-6-5-13(12)18(19,20)21)7-14(25-26)24-16(27)28-17(2,3)4/h5-9H,1-4H3,(H,24,25,27). The van der Waals surface area contributed by atoms with Gasteiger partial charge in [-0.15, -0.1) is 5.10 Å². The summed E-state index contributed by atoms with van der Waals surface area (Å²) < 4.78 is 46.9. The first-order valence-corrected chi connectivity index (χ1v) is 8.33. The second-order valence-corrected chi connectivity index (χ2v) is 7.14. The molecule has 0 unspecified atom stereocenters. The number of rotatable bonds is 2. The number of carbonyl (C=O) groups excluding carboxylic acids is 1. The van der Waals surface area contributed by atoms with Crippen LogP contribution in [-0.4, -0.2) is 31.3 Å². The molecule has 0 aliphatic rings. The van der Waals surface area contributed by atoms with E-state index in [2.05, 4.69) is 20.4 Å². The summed E-state index contributed by atoms with van der Waals surface area (Å²) in [5, 5.41) is 6.63. The van der Waals surface area contributed by atoms with Crippen molar-refractivity contribution in [2.75, 3.05) is 5.32 Å². The third-order valence-electron chi connectivity index (χ3n) is 3.59. The van der Waals surface area contributed by atoms with Gasteiger partial charge in [-0.2, -0.15) is 13.2 Å². The highest BCUT2D eigenvalue weighted by molar-refractivity contribution is 5.87. The number of hydrogen-bond donors (Lipinski definition) is 1. The first-order chi connectivity index (χ1) is 12.9. The quantitative estimate of drug-likeness (QED) is 0.695. The topological polar surface area (TPSA) is 81.4 Å². The summed E-state index contributed by atoms with van der Waals surface area (Å²) in [7, 11) is 0. The molecule has 7 nitrogen and oxygen atoms in total. The van der Waals surface area contributed by atoms with Gasteiger partial charge < -0.3 is 4.74 Å². The number of aryl methyl sites for hydroxylation is 1. The Balaban J connectivity index is 2.14. The average Bonchev–Trinajstić information content (AvgIpc) is 2.91. The number of pyridine rings is 1. The molecule has 0 fully saturated rings. The SMILES string of the molecule is Cc1cn2nc(NC(=O)OC(C)(C)C)cc(-c3cnccc3C(F)(F)F)c2n1. The van der Waals surface area contributed by atoms with Crippen LogP contribution in [0.15, 0.2) is 30.7 Å². The van der Waals surface area contributed by atoms with Gasteiger partial charge in [-0.3, -0.25) is 10.3 Å². The van der Waals surface area contributed by atoms with Gasteiger partial charge in [0, 0.05) is 23.5 Å². The lowest BCUT2D eigenvalue weighted by Crippen LogP contribution is -2.27. The summed E-state index contributed by atoms with van der Waals surface area (Å²) >= 11 is 0. The highest BCUT2D eigenvalue weighted by atomic mass is 19.4. The maximum atomic E-state index is 13.5. The van der Waals surface area contributed by atoms with E-state index in [9.17, 15) is 18.0 Å². The zero-order valence-corrected chi connectivity index (χ0v) is 15.6. The van der Waals surface area contributed by atoms with Crippen LogP contribution in [0.3, 0.4) is 0 Å². The van der Waals surface area contributed by atoms with Gasteiger partial charge in [0.15, 0.2) is 11.5 Å². The minimum atomic E-state index is -4.58. The largest absolute Gasteiger partial charge is 0.444 e. The van der Waals surface area contributed by atoms with E-state index in [0.29, 0.717) is 5.69 Å². The number of aromatic nitrogens is 4. The minimum Gasteiger partial charge on any atom is -0.444 e. The van der Waals surface area contributed by atoms with E-state index in [1.54, 1.807) is 33.9 Å². The van der Waals surface area contributed by atoms with Crippen molar-refractivity contribution >= 4 is 17.6 Å². The number of amides is 1. The molecule has 28 heavy (non-hydrogen) atoms. The molecule has 0 spiro atoms. The van der Waals surface area contributed by atoms with Crippen molar-refractivity contribution in [2.45, 2.75) is 39.5 Å². The minimum absolute atomic E-state index is 0.0196. The zero-order chi connectivity index (χ0) is 20.7. The lowest BCUT2D eigenvalue weighted by molar-refractivity contribution is -0.137. The van der Waals surface area contributed by atoms with Crippen molar-refractivity contribution in [2.24, 2.45) is 0 Å². The molecule has 0 aromatic carbocycles. The number of nitrogens with zero attached hydrogens (tertiary/aromatic N) is 4. The number of imidazole rings is 1. The summed E-state index contributed by atoms with van der Waals surface area (Å²) in [5.74, 6) is 0.0196. The highest BCUT2D eigenvalue weighted by Gasteiger charge is 2.34. The Morgan fingerprint density at radius 1 is 1.21 bits per heavy atom. The van der Waals surface area contributed by atoms with Gasteiger partial charge in [-0.1, -0.05) is 0 Å². The molecule has 3 heterocycles. The lowest BCUT2D eigenvalue weighted by Gasteiger charge is -2.19. The normalized spacial score (nSPS) is 12.2. The Morgan fingerprint density at radius 3 is 2.57 bits per heavy atom. The third-order valence-corrected chi connectivity index (χ3v) is 3.59. The van der Waals surface area contributed by atoms with Gasteiger partial charge in [0.05, 0.1) is 17.5 Å². The number of carbonyl (C=O) groups is 1. The van der Waals surface area contributed by atoms with E-state index in [4.69, 9.17) is 4.74 Å². The van der Waals surface area contributed by atoms with E-state index >= 15 is 0 Å². The average molecular weight is 393 g/mol. The highest BCUT2D eigenvalue weighted by Crippen LogP contribution is 2.38. The van der Waals surface area contributed by atoms with Crippen molar-refractivity contribution in [3.63, 3.8) is 0 Å². The number of fused-ring (bicyclic) bond motifs is 1. The molecule has 3 rings (SSSR count). The Hall–Kier alpha value is -3.17. The molecule has 1 N–H and O–H groups in total. The smallest absolute Gasteiger partial charge is 0.417 e. The van der Waals surface area contributed by atoms with Crippen molar-refractivity contribution in [3.05, 3.63) is 42.0 Å².